The van der Waals surface area contributed by atoms with Gasteiger partial charge in [-0.2, -0.15) is 0 Å². The largest absolute Gasteiger partial charge is 0.355 e. The van der Waals surface area contributed by atoms with E-state index >= 15 is 0 Å². The van der Waals surface area contributed by atoms with Crippen LogP contribution in [0.3, 0.4) is 0 Å². The monoisotopic (exact) mass is 354 g/mol. The van der Waals surface area contributed by atoms with Crippen LogP contribution in [0.15, 0.2) is 24.3 Å². The zero-order valence-corrected chi connectivity index (χ0v) is 15.7. The molecule has 1 aromatic carbocycles. The maximum Gasteiger partial charge on any atom is 0.226 e. The van der Waals surface area contributed by atoms with E-state index in [0.29, 0.717) is 13.0 Å². The molecule has 4 fully saturated rings. The van der Waals surface area contributed by atoms with Crippen molar-refractivity contribution >= 4 is 17.5 Å². The second kappa shape index (κ2) is 7.05. The molecule has 1 aromatic rings. The Balaban J connectivity index is 1.28. The Morgan fingerprint density at radius 2 is 1.65 bits per heavy atom. The van der Waals surface area contributed by atoms with Crippen LogP contribution in [0.25, 0.3) is 0 Å². The lowest BCUT2D eigenvalue weighted by atomic mass is 9.49. The Hall–Kier alpha value is -1.84. The topological polar surface area (TPSA) is 58.2 Å². The highest BCUT2D eigenvalue weighted by Gasteiger charge is 2.54. The molecule has 4 saturated carbocycles. The zero-order valence-electron chi connectivity index (χ0n) is 15.7. The number of anilines is 1. The molecule has 4 nitrogen and oxygen atoms in total. The van der Waals surface area contributed by atoms with Gasteiger partial charge in [0.15, 0.2) is 0 Å². The lowest BCUT2D eigenvalue weighted by Crippen LogP contribution is -2.53. The van der Waals surface area contributed by atoms with Gasteiger partial charge in [-0.3, -0.25) is 9.59 Å². The molecule has 4 bridgehead atoms. The molecule has 0 atom stereocenters. The number of hydrogen-bond acceptors (Lipinski definition) is 2. The van der Waals surface area contributed by atoms with Crippen LogP contribution in [0.2, 0.25) is 0 Å². The van der Waals surface area contributed by atoms with Gasteiger partial charge < -0.3 is 10.6 Å². The number of hydrogen-bond donors (Lipinski definition) is 2. The van der Waals surface area contributed by atoms with Crippen LogP contribution in [0, 0.1) is 23.2 Å². The summed E-state index contributed by atoms with van der Waals surface area (Å²) >= 11 is 0. The number of rotatable bonds is 6. The minimum absolute atomic E-state index is 0.0308. The lowest BCUT2D eigenvalue weighted by Gasteiger charge is -2.55. The molecule has 0 unspecified atom stereocenters. The highest BCUT2D eigenvalue weighted by Crippen LogP contribution is 2.60. The molecule has 26 heavy (non-hydrogen) atoms. The van der Waals surface area contributed by atoms with Crippen molar-refractivity contribution in [3.63, 3.8) is 0 Å². The fourth-order valence-corrected chi connectivity index (χ4v) is 6.03. The summed E-state index contributed by atoms with van der Waals surface area (Å²) < 4.78 is 0. The number of carbonyl (C=O) groups excluding carboxylic acids is 2. The van der Waals surface area contributed by atoms with Gasteiger partial charge in [0.2, 0.25) is 11.8 Å². The van der Waals surface area contributed by atoms with Crippen LogP contribution in [0.4, 0.5) is 5.69 Å². The maximum absolute atomic E-state index is 12.9. The van der Waals surface area contributed by atoms with E-state index in [1.54, 1.807) is 0 Å². The van der Waals surface area contributed by atoms with Crippen molar-refractivity contribution in [2.24, 2.45) is 23.2 Å². The van der Waals surface area contributed by atoms with Gasteiger partial charge in [-0.05, 0) is 74.3 Å². The van der Waals surface area contributed by atoms with Crippen molar-refractivity contribution in [1.82, 2.24) is 5.32 Å². The first-order valence-corrected chi connectivity index (χ1v) is 10.2. The third kappa shape index (κ3) is 3.38. The van der Waals surface area contributed by atoms with Crippen molar-refractivity contribution < 1.29 is 9.59 Å². The number of nitrogens with one attached hydrogen (secondary N) is 2. The Morgan fingerprint density at radius 3 is 2.27 bits per heavy atom. The standard InChI is InChI=1S/C22H30N2O2/c1-2-18-5-3-4-6-19(18)24-20(25)7-8-23-21(26)22-12-15-9-16(13-22)11-17(10-15)14-22/h3-6,15-17H,2,7-14H2,1H3,(H,23,26)(H,24,25). The molecule has 0 heterocycles. The molecule has 0 spiro atoms. The van der Waals surface area contributed by atoms with Crippen LogP contribution >= 0.6 is 0 Å². The van der Waals surface area contributed by atoms with E-state index in [4.69, 9.17) is 0 Å². The minimum atomic E-state index is -0.125. The highest BCUT2D eigenvalue weighted by molar-refractivity contribution is 5.92. The summed E-state index contributed by atoms with van der Waals surface area (Å²) in [5.74, 6) is 2.47. The van der Waals surface area contributed by atoms with E-state index in [-0.39, 0.29) is 17.2 Å². The maximum atomic E-state index is 12.9. The van der Waals surface area contributed by atoms with E-state index in [2.05, 4.69) is 17.6 Å². The average Bonchev–Trinajstić information content (AvgIpc) is 2.61. The summed E-state index contributed by atoms with van der Waals surface area (Å²) in [5, 5.41) is 6.07. The molecule has 0 saturated heterocycles. The molecule has 5 rings (SSSR count). The third-order valence-corrected chi connectivity index (χ3v) is 6.83. The van der Waals surface area contributed by atoms with Crippen molar-refractivity contribution in [1.29, 1.82) is 0 Å². The summed E-state index contributed by atoms with van der Waals surface area (Å²) in [4.78, 5) is 25.1. The number of carbonyl (C=O) groups is 2. The van der Waals surface area contributed by atoms with Crippen molar-refractivity contribution in [2.45, 2.75) is 58.3 Å². The van der Waals surface area contributed by atoms with Gasteiger partial charge in [0.05, 0.1) is 0 Å². The average molecular weight is 354 g/mol. The van der Waals surface area contributed by atoms with Gasteiger partial charge >= 0.3 is 0 Å². The van der Waals surface area contributed by atoms with Crippen molar-refractivity contribution in [2.75, 3.05) is 11.9 Å². The van der Waals surface area contributed by atoms with E-state index in [1.165, 1.54) is 19.3 Å². The zero-order chi connectivity index (χ0) is 18.1. The fourth-order valence-electron chi connectivity index (χ4n) is 6.03. The number of benzene rings is 1. The number of aryl methyl sites for hydroxylation is 1. The summed E-state index contributed by atoms with van der Waals surface area (Å²) in [7, 11) is 0. The van der Waals surface area contributed by atoms with Crippen LogP contribution < -0.4 is 10.6 Å². The molecule has 2 amide bonds. The lowest BCUT2D eigenvalue weighted by molar-refractivity contribution is -0.146. The van der Waals surface area contributed by atoms with Gasteiger partial charge in [-0.25, -0.2) is 0 Å². The number of amides is 2. The smallest absolute Gasteiger partial charge is 0.226 e. The second-order valence-corrected chi connectivity index (χ2v) is 8.76. The van der Waals surface area contributed by atoms with Crippen LogP contribution in [0.5, 0.6) is 0 Å². The molecule has 4 aliphatic rings. The minimum Gasteiger partial charge on any atom is -0.355 e. The third-order valence-electron chi connectivity index (χ3n) is 6.83. The van der Waals surface area contributed by atoms with Crippen molar-refractivity contribution in [3.05, 3.63) is 29.8 Å². The van der Waals surface area contributed by atoms with Crippen LogP contribution in [-0.4, -0.2) is 18.4 Å². The summed E-state index contributed by atoms with van der Waals surface area (Å²) in [6, 6.07) is 7.89. The highest BCUT2D eigenvalue weighted by atomic mass is 16.2. The second-order valence-electron chi connectivity index (χ2n) is 8.76. The molecule has 2 N–H and O–H groups in total. The Bertz CT molecular complexity index is 662. The fraction of sp³-hybridized carbons (Fsp3) is 0.636. The van der Waals surface area contributed by atoms with Crippen molar-refractivity contribution in [3.8, 4) is 0 Å². The van der Waals surface area contributed by atoms with E-state index in [9.17, 15) is 9.59 Å². The van der Waals surface area contributed by atoms with E-state index < -0.39 is 0 Å². The van der Waals surface area contributed by atoms with E-state index in [0.717, 1.165) is 54.7 Å². The Kier molecular flexibility index (Phi) is 4.76. The quantitative estimate of drug-likeness (QED) is 0.814. The summed E-state index contributed by atoms with van der Waals surface area (Å²) in [5.41, 5.74) is 1.89. The molecule has 4 aliphatic carbocycles. The molecule has 140 valence electrons. The predicted octanol–water partition coefficient (Wildman–Crippen LogP) is 3.91. The normalized spacial score (nSPS) is 31.7. The van der Waals surface area contributed by atoms with Crippen LogP contribution in [0.1, 0.15) is 57.4 Å². The Morgan fingerprint density at radius 1 is 1.04 bits per heavy atom. The molecule has 0 aromatic heterocycles. The summed E-state index contributed by atoms with van der Waals surface area (Å²) in [6.07, 6.45) is 8.45. The first kappa shape index (κ1) is 17.6. The Labute approximate surface area is 156 Å². The summed E-state index contributed by atoms with van der Waals surface area (Å²) in [6.45, 7) is 2.51. The molecular weight excluding hydrogens is 324 g/mol. The first-order valence-electron chi connectivity index (χ1n) is 10.2. The molecular formula is C22H30N2O2. The molecule has 4 heteroatoms. The molecule has 0 aliphatic heterocycles. The van der Waals surface area contributed by atoms with Gasteiger partial charge in [-0.1, -0.05) is 25.1 Å². The SMILES string of the molecule is CCc1ccccc1NC(=O)CCNC(=O)C12CC3CC(CC(C3)C1)C2. The van der Waals surface area contributed by atoms with Crippen LogP contribution in [-0.2, 0) is 16.0 Å². The first-order chi connectivity index (χ1) is 12.6. The predicted molar refractivity (Wildman–Crippen MR) is 103 cm³/mol. The molecule has 0 radical (unpaired) electrons. The van der Waals surface area contributed by atoms with Gasteiger partial charge in [0.25, 0.3) is 0 Å². The number of para-hydroxylation sites is 1. The van der Waals surface area contributed by atoms with Gasteiger partial charge in [0.1, 0.15) is 0 Å². The van der Waals surface area contributed by atoms with Gasteiger partial charge in [0, 0.05) is 24.1 Å². The van der Waals surface area contributed by atoms with E-state index in [1.807, 2.05) is 24.3 Å². The van der Waals surface area contributed by atoms with Gasteiger partial charge in [-0.15, -0.1) is 0 Å².